The van der Waals surface area contributed by atoms with Crippen LogP contribution in [-0.4, -0.2) is 20.6 Å². The summed E-state index contributed by atoms with van der Waals surface area (Å²) in [6.45, 7) is 2.00. The van der Waals surface area contributed by atoms with E-state index >= 15 is 0 Å². The van der Waals surface area contributed by atoms with Gasteiger partial charge in [0.15, 0.2) is 0 Å². The molecular weight excluding hydrogens is 394 g/mol. The summed E-state index contributed by atoms with van der Waals surface area (Å²) >= 11 is 0. The molecule has 32 heavy (non-hydrogen) atoms. The number of rotatable bonds is 4. The van der Waals surface area contributed by atoms with E-state index in [1.54, 1.807) is 0 Å². The Labute approximate surface area is 187 Å². The van der Waals surface area contributed by atoms with E-state index in [1.807, 2.05) is 19.2 Å². The minimum Gasteiger partial charge on any atom is -0.352 e. The van der Waals surface area contributed by atoms with Crippen molar-refractivity contribution in [2.24, 2.45) is 4.99 Å². The van der Waals surface area contributed by atoms with Crippen LogP contribution in [-0.2, 0) is 0 Å². The second-order valence-electron chi connectivity index (χ2n) is 8.59. The van der Waals surface area contributed by atoms with Crippen LogP contribution in [0.5, 0.6) is 0 Å². The summed E-state index contributed by atoms with van der Waals surface area (Å²) in [5, 5.41) is 4.53. The summed E-state index contributed by atoms with van der Waals surface area (Å²) in [5.41, 5.74) is 8.39. The van der Waals surface area contributed by atoms with Gasteiger partial charge in [0, 0.05) is 11.4 Å². The highest BCUT2D eigenvalue weighted by Crippen LogP contribution is 2.33. The van der Waals surface area contributed by atoms with Gasteiger partial charge in [-0.1, -0.05) is 24.3 Å². The predicted molar refractivity (Wildman–Crippen MR) is 130 cm³/mol. The summed E-state index contributed by atoms with van der Waals surface area (Å²) in [5.74, 6) is 0. The molecule has 5 heteroatoms. The molecule has 0 amide bonds. The Bertz CT molecular complexity index is 1400. The highest BCUT2D eigenvalue weighted by Gasteiger charge is 2.22. The number of pyridine rings is 1. The fraction of sp³-hybridized carbons (Fsp3) is 0.222. The molecule has 0 saturated heterocycles. The number of para-hydroxylation sites is 2. The highest BCUT2D eigenvalue weighted by atomic mass is 15.0. The first-order valence-electron chi connectivity index (χ1n) is 11.3. The Hall–Kier alpha value is -3.73. The number of fused-ring (bicyclic) bond motifs is 2. The summed E-state index contributed by atoms with van der Waals surface area (Å²) in [4.78, 5) is 14.5. The van der Waals surface area contributed by atoms with E-state index in [1.165, 1.54) is 5.70 Å². The first-order chi connectivity index (χ1) is 15.7. The van der Waals surface area contributed by atoms with Gasteiger partial charge in [0.2, 0.25) is 0 Å². The minimum atomic E-state index is 0.419. The Morgan fingerprint density at radius 3 is 2.78 bits per heavy atom. The second kappa shape index (κ2) is 7.75. The first kappa shape index (κ1) is 19.0. The van der Waals surface area contributed by atoms with Gasteiger partial charge in [-0.2, -0.15) is 0 Å². The molecule has 1 fully saturated rings. The lowest BCUT2D eigenvalue weighted by molar-refractivity contribution is 0.949. The lowest BCUT2D eigenvalue weighted by Crippen LogP contribution is -2.16. The third-order valence-electron chi connectivity index (χ3n) is 6.04. The van der Waals surface area contributed by atoms with Crippen LogP contribution in [0.15, 0.2) is 77.9 Å². The molecule has 5 nitrogen and oxygen atoms in total. The molecule has 2 aromatic rings. The quantitative estimate of drug-likeness (QED) is 0.423. The molecule has 0 bridgehead atoms. The van der Waals surface area contributed by atoms with Gasteiger partial charge in [-0.25, -0.2) is 4.98 Å². The molecule has 158 valence electrons. The Kier molecular flexibility index (Phi) is 4.60. The van der Waals surface area contributed by atoms with E-state index in [4.69, 9.17) is 9.98 Å². The molecule has 3 aliphatic carbocycles. The van der Waals surface area contributed by atoms with Crippen molar-refractivity contribution in [2.45, 2.75) is 38.6 Å². The molecule has 1 aromatic heterocycles. The second-order valence-corrected chi connectivity index (χ2v) is 8.59. The minimum absolute atomic E-state index is 0.419. The van der Waals surface area contributed by atoms with E-state index in [0.717, 1.165) is 70.5 Å². The van der Waals surface area contributed by atoms with Gasteiger partial charge in [0.25, 0.3) is 0 Å². The van der Waals surface area contributed by atoms with Crippen molar-refractivity contribution in [1.29, 1.82) is 0 Å². The summed E-state index contributed by atoms with van der Waals surface area (Å²) in [6.07, 6.45) is 12.9. The molecular formula is C27H25N5. The van der Waals surface area contributed by atoms with E-state index < -0.39 is 0 Å². The maximum atomic E-state index is 5.04. The van der Waals surface area contributed by atoms with Gasteiger partial charge in [0.1, 0.15) is 0 Å². The van der Waals surface area contributed by atoms with Crippen molar-refractivity contribution in [1.82, 2.24) is 14.5 Å². The average Bonchev–Trinajstić information content (AvgIpc) is 3.64. The van der Waals surface area contributed by atoms with E-state index in [-0.39, 0.29) is 0 Å². The molecule has 2 heterocycles. The summed E-state index contributed by atoms with van der Waals surface area (Å²) in [6, 6.07) is 17.2. The average molecular weight is 420 g/mol. The number of allylic oxidation sites excluding steroid dienone is 4. The largest absolute Gasteiger partial charge is 0.352 e. The van der Waals surface area contributed by atoms with Gasteiger partial charge in [0.05, 0.1) is 51.4 Å². The van der Waals surface area contributed by atoms with Crippen LogP contribution in [0, 0.1) is 6.92 Å². The molecule has 0 spiro atoms. The van der Waals surface area contributed by atoms with Crippen LogP contribution in [0.1, 0.15) is 31.4 Å². The van der Waals surface area contributed by atoms with E-state index in [2.05, 4.69) is 75.6 Å². The molecule has 0 unspecified atom stereocenters. The summed E-state index contributed by atoms with van der Waals surface area (Å²) < 4.78 is 2.37. The number of aromatic nitrogens is 3. The number of aryl methyl sites for hydroxylation is 1. The molecule has 1 aromatic carbocycles. The maximum Gasteiger partial charge on any atom is 0.0900 e. The lowest BCUT2D eigenvalue weighted by atomic mass is 10.1. The number of hydrogen-bond acceptors (Lipinski definition) is 4. The van der Waals surface area contributed by atoms with Crippen LogP contribution < -0.4 is 10.7 Å². The lowest BCUT2D eigenvalue weighted by Gasteiger charge is -2.23. The fourth-order valence-corrected chi connectivity index (χ4v) is 4.23. The zero-order valence-corrected chi connectivity index (χ0v) is 18.1. The number of nitrogens with zero attached hydrogens (tertiary/aromatic N) is 4. The van der Waals surface area contributed by atoms with Crippen molar-refractivity contribution in [3.63, 3.8) is 0 Å². The maximum absolute atomic E-state index is 5.04. The third-order valence-corrected chi connectivity index (χ3v) is 6.04. The van der Waals surface area contributed by atoms with Gasteiger partial charge >= 0.3 is 0 Å². The van der Waals surface area contributed by atoms with Crippen molar-refractivity contribution in [3.05, 3.63) is 84.0 Å². The number of benzene rings is 2. The first-order valence-corrected chi connectivity index (χ1v) is 11.3. The normalized spacial score (nSPS) is 16.5. The topological polar surface area (TPSA) is 55.1 Å². The Morgan fingerprint density at radius 1 is 1.09 bits per heavy atom. The van der Waals surface area contributed by atoms with E-state index in [9.17, 15) is 0 Å². The smallest absolute Gasteiger partial charge is 0.0900 e. The van der Waals surface area contributed by atoms with Crippen LogP contribution in [0.3, 0.4) is 0 Å². The van der Waals surface area contributed by atoms with E-state index in [0.29, 0.717) is 6.04 Å². The van der Waals surface area contributed by atoms with Crippen LogP contribution >= 0.6 is 0 Å². The van der Waals surface area contributed by atoms with Crippen LogP contribution in [0.25, 0.3) is 28.1 Å². The Morgan fingerprint density at radius 2 is 2.00 bits per heavy atom. The van der Waals surface area contributed by atoms with Gasteiger partial charge < -0.3 is 9.88 Å². The summed E-state index contributed by atoms with van der Waals surface area (Å²) in [7, 11) is 0. The highest BCUT2D eigenvalue weighted by molar-refractivity contribution is 5.86. The Balaban J connectivity index is 1.61. The third kappa shape index (κ3) is 3.60. The van der Waals surface area contributed by atoms with Crippen LogP contribution in [0.4, 0.5) is 11.4 Å². The van der Waals surface area contributed by atoms with Crippen LogP contribution in [0.2, 0.25) is 0 Å². The number of hydrogen-bond donors (Lipinski definition) is 1. The molecule has 0 atom stereocenters. The molecule has 1 saturated carbocycles. The van der Waals surface area contributed by atoms with Crippen molar-refractivity contribution < 1.29 is 0 Å². The number of nitrogens with one attached hydrogen (secondary N) is 1. The standard InChI is InChI=1S/C27H25N5/c1-18-11-12-20(17-28-18)30-23-15-25-27(16-24(23)29-19-13-14-19)32(21-7-3-2-4-8-21)26-10-6-5-9-22(26)31-25/h2-3,5-7,9-12,15-17,19,30H,4,8,13-14H2,1H3. The molecule has 0 radical (unpaired) electrons. The zero-order chi connectivity index (χ0) is 21.5. The van der Waals surface area contributed by atoms with Crippen molar-refractivity contribution in [2.75, 3.05) is 5.32 Å². The van der Waals surface area contributed by atoms with Gasteiger partial charge in [-0.05, 0) is 75.1 Å². The molecule has 1 aliphatic heterocycles. The van der Waals surface area contributed by atoms with Crippen molar-refractivity contribution >= 4 is 28.1 Å². The monoisotopic (exact) mass is 419 g/mol. The molecule has 1 N–H and O–H groups in total. The van der Waals surface area contributed by atoms with Gasteiger partial charge in [-0.15, -0.1) is 0 Å². The zero-order valence-electron chi connectivity index (χ0n) is 18.1. The number of anilines is 2. The van der Waals surface area contributed by atoms with Gasteiger partial charge in [-0.3, -0.25) is 9.98 Å². The fourth-order valence-electron chi connectivity index (χ4n) is 4.23. The SMILES string of the molecule is Cc1ccc(Nc2cc3nc4ccccc4n(C4=CC=CCC4)c-3cc2=NC2CC2)cn1. The van der Waals surface area contributed by atoms with Crippen molar-refractivity contribution in [3.8, 4) is 11.4 Å². The molecule has 6 rings (SSSR count). The predicted octanol–water partition coefficient (Wildman–Crippen LogP) is 5.84. The molecule has 4 aliphatic rings.